The summed E-state index contributed by atoms with van der Waals surface area (Å²) < 4.78 is 25.3. The van der Waals surface area contributed by atoms with E-state index in [0.29, 0.717) is 17.5 Å². The zero-order valence-electron chi connectivity index (χ0n) is 29.6. The molecule has 0 aliphatic carbocycles. The van der Waals surface area contributed by atoms with Crippen molar-refractivity contribution < 1.29 is 18.1 Å². The number of hydrogen-bond acceptors (Lipinski definition) is 8. The first-order chi connectivity index (χ1) is 25.7. The van der Waals surface area contributed by atoms with Gasteiger partial charge < -0.3 is 18.1 Å². The lowest BCUT2D eigenvalue weighted by atomic mass is 9.79. The molecule has 256 valence electrons. The Labute approximate surface area is 305 Å². The van der Waals surface area contributed by atoms with Crippen molar-refractivity contribution in [2.45, 2.75) is 38.9 Å². The van der Waals surface area contributed by atoms with E-state index in [2.05, 4.69) is 52.0 Å². The molecule has 0 amide bonds. The van der Waals surface area contributed by atoms with Gasteiger partial charge in [-0.1, -0.05) is 84.9 Å². The molecule has 5 aromatic carbocycles. The smallest absolute Gasteiger partial charge is 0.455 e. The second-order valence-corrected chi connectivity index (χ2v) is 14.5. The third kappa shape index (κ3) is 5.15. The summed E-state index contributed by atoms with van der Waals surface area (Å²) >= 11 is 0. The standard InChI is InChI=1S/C44H33BN4O4/c1-43(2)44(3,4)53-45(52-43)28-22-19-26(20-23-28)35-24-21-27(25-46-35)40-47-41(33-15-9-13-31-29-11-5-7-17-36(29)50-38(31)33)49-42(48-40)34-16-10-14-32-30-12-6-8-18-37(30)51-39(32)34/h5-25H,1-4H3. The van der Waals surface area contributed by atoms with Gasteiger partial charge in [-0.15, -0.1) is 0 Å². The second kappa shape index (κ2) is 11.7. The van der Waals surface area contributed by atoms with E-state index in [1.165, 1.54) is 0 Å². The van der Waals surface area contributed by atoms with Crippen molar-refractivity contribution in [3.05, 3.63) is 128 Å². The molecule has 9 aromatic rings. The van der Waals surface area contributed by atoms with Crippen LogP contribution < -0.4 is 5.46 Å². The van der Waals surface area contributed by atoms with E-state index in [-0.39, 0.29) is 0 Å². The Balaban J connectivity index is 1.07. The normalized spacial score (nSPS) is 15.3. The molecule has 1 aliphatic rings. The predicted octanol–water partition coefficient (Wildman–Crippen LogP) is 10.0. The highest BCUT2D eigenvalue weighted by Crippen LogP contribution is 2.39. The summed E-state index contributed by atoms with van der Waals surface area (Å²) in [6.07, 6.45) is 1.81. The van der Waals surface area contributed by atoms with Crippen LogP contribution >= 0.6 is 0 Å². The molecule has 9 heteroatoms. The number of nitrogens with zero attached hydrogens (tertiary/aromatic N) is 4. The molecule has 0 atom stereocenters. The minimum atomic E-state index is -0.424. The molecule has 53 heavy (non-hydrogen) atoms. The third-order valence-corrected chi connectivity index (χ3v) is 10.7. The number of aromatic nitrogens is 4. The van der Waals surface area contributed by atoms with E-state index in [1.807, 2.05) is 103 Å². The Kier molecular flexibility index (Phi) is 6.96. The first-order valence-electron chi connectivity index (χ1n) is 17.7. The number of pyridine rings is 1. The second-order valence-electron chi connectivity index (χ2n) is 14.5. The first-order valence-corrected chi connectivity index (χ1v) is 17.7. The van der Waals surface area contributed by atoms with Crippen LogP contribution in [0, 0.1) is 0 Å². The van der Waals surface area contributed by atoms with Crippen molar-refractivity contribution in [2.24, 2.45) is 0 Å². The molecule has 1 aliphatic heterocycles. The highest BCUT2D eigenvalue weighted by atomic mass is 16.7. The molecule has 4 aromatic heterocycles. The predicted molar refractivity (Wildman–Crippen MR) is 210 cm³/mol. The van der Waals surface area contributed by atoms with E-state index in [4.69, 9.17) is 38.1 Å². The van der Waals surface area contributed by atoms with Gasteiger partial charge in [0, 0.05) is 38.9 Å². The lowest BCUT2D eigenvalue weighted by molar-refractivity contribution is 0.00578. The molecule has 5 heterocycles. The van der Waals surface area contributed by atoms with Crippen molar-refractivity contribution in [2.75, 3.05) is 0 Å². The molecule has 0 N–H and O–H groups in total. The number of fused-ring (bicyclic) bond motifs is 6. The van der Waals surface area contributed by atoms with Gasteiger partial charge in [0.2, 0.25) is 0 Å². The van der Waals surface area contributed by atoms with Gasteiger partial charge >= 0.3 is 7.12 Å². The van der Waals surface area contributed by atoms with Gasteiger partial charge in [0.1, 0.15) is 22.3 Å². The van der Waals surface area contributed by atoms with E-state index < -0.39 is 18.3 Å². The summed E-state index contributed by atoms with van der Waals surface area (Å²) in [5, 5.41) is 4.07. The maximum absolute atomic E-state index is 6.42. The highest BCUT2D eigenvalue weighted by molar-refractivity contribution is 6.62. The molecule has 0 saturated carbocycles. The molecule has 1 fully saturated rings. The van der Waals surface area contributed by atoms with Crippen LogP contribution in [0.15, 0.2) is 136 Å². The summed E-state index contributed by atoms with van der Waals surface area (Å²) in [7, 11) is -0.424. The van der Waals surface area contributed by atoms with Gasteiger partial charge in [-0.2, -0.15) is 0 Å². The highest BCUT2D eigenvalue weighted by Gasteiger charge is 2.51. The third-order valence-electron chi connectivity index (χ3n) is 10.7. The van der Waals surface area contributed by atoms with Crippen molar-refractivity contribution >= 4 is 56.5 Å². The van der Waals surface area contributed by atoms with E-state index >= 15 is 0 Å². The molecule has 0 unspecified atom stereocenters. The van der Waals surface area contributed by atoms with Crippen LogP contribution in [0.5, 0.6) is 0 Å². The van der Waals surface area contributed by atoms with Crippen molar-refractivity contribution in [3.63, 3.8) is 0 Å². The van der Waals surface area contributed by atoms with Gasteiger partial charge in [-0.25, -0.2) is 15.0 Å². The zero-order valence-corrected chi connectivity index (χ0v) is 29.6. The topological polar surface area (TPSA) is 96.3 Å². The van der Waals surface area contributed by atoms with Crippen LogP contribution in [-0.4, -0.2) is 38.3 Å². The van der Waals surface area contributed by atoms with E-state index in [9.17, 15) is 0 Å². The summed E-state index contributed by atoms with van der Waals surface area (Å²) in [5.41, 5.74) is 7.30. The van der Waals surface area contributed by atoms with Crippen LogP contribution in [-0.2, 0) is 9.31 Å². The summed E-state index contributed by atoms with van der Waals surface area (Å²) in [6, 6.07) is 40.3. The lowest BCUT2D eigenvalue weighted by Gasteiger charge is -2.32. The molecular formula is C44H33BN4O4. The maximum atomic E-state index is 6.42. The first kappa shape index (κ1) is 31.6. The van der Waals surface area contributed by atoms with Crippen molar-refractivity contribution in [1.82, 2.24) is 19.9 Å². The Morgan fingerprint density at radius 1 is 0.472 bits per heavy atom. The molecule has 1 saturated heterocycles. The van der Waals surface area contributed by atoms with Gasteiger partial charge in [0.15, 0.2) is 17.5 Å². The Morgan fingerprint density at radius 3 is 1.49 bits per heavy atom. The number of benzene rings is 5. The SMILES string of the molecule is CC1(C)OB(c2ccc(-c3ccc(-c4nc(-c5cccc6c5oc5ccccc56)nc(-c5cccc6c5oc5ccccc56)n4)cn3)cc2)OC1(C)C. The maximum Gasteiger partial charge on any atom is 0.494 e. The average molecular weight is 693 g/mol. The minimum absolute atomic E-state index is 0.403. The fourth-order valence-corrected chi connectivity index (χ4v) is 7.08. The number of para-hydroxylation sites is 4. The number of rotatable bonds is 5. The lowest BCUT2D eigenvalue weighted by Crippen LogP contribution is -2.41. The van der Waals surface area contributed by atoms with Gasteiger partial charge in [0.25, 0.3) is 0 Å². The van der Waals surface area contributed by atoms with Gasteiger partial charge in [-0.3, -0.25) is 4.98 Å². The molecule has 0 bridgehead atoms. The molecule has 8 nitrogen and oxygen atoms in total. The Bertz CT molecular complexity index is 2710. The molecule has 0 radical (unpaired) electrons. The quantitative estimate of drug-likeness (QED) is 0.165. The van der Waals surface area contributed by atoms with Crippen LogP contribution in [0.2, 0.25) is 0 Å². The number of hydrogen-bond donors (Lipinski definition) is 0. The summed E-state index contributed by atoms with van der Waals surface area (Å²) in [4.78, 5) is 20.0. The minimum Gasteiger partial charge on any atom is -0.455 e. The van der Waals surface area contributed by atoms with Crippen molar-refractivity contribution in [1.29, 1.82) is 0 Å². The van der Waals surface area contributed by atoms with E-state index in [1.54, 1.807) is 0 Å². The van der Waals surface area contributed by atoms with Crippen LogP contribution in [0.4, 0.5) is 0 Å². The van der Waals surface area contributed by atoms with Crippen LogP contribution in [0.3, 0.4) is 0 Å². The zero-order chi connectivity index (χ0) is 35.9. The van der Waals surface area contributed by atoms with Gasteiger partial charge in [0.05, 0.1) is 28.0 Å². The number of furan rings is 2. The fraction of sp³-hybridized carbons (Fsp3) is 0.136. The van der Waals surface area contributed by atoms with Crippen LogP contribution in [0.1, 0.15) is 27.7 Å². The fourth-order valence-electron chi connectivity index (χ4n) is 7.08. The largest absolute Gasteiger partial charge is 0.494 e. The summed E-state index contributed by atoms with van der Waals surface area (Å²) in [5.74, 6) is 1.47. The molecule has 0 spiro atoms. The van der Waals surface area contributed by atoms with Crippen LogP contribution in [0.25, 0.3) is 89.3 Å². The average Bonchev–Trinajstić information content (AvgIpc) is 3.82. The monoisotopic (exact) mass is 692 g/mol. The Morgan fingerprint density at radius 2 is 0.962 bits per heavy atom. The van der Waals surface area contributed by atoms with E-state index in [0.717, 1.165) is 77.3 Å². The molecule has 10 rings (SSSR count). The van der Waals surface area contributed by atoms with Crippen molar-refractivity contribution in [3.8, 4) is 45.4 Å². The Hall–Kier alpha value is -6.16. The van der Waals surface area contributed by atoms with Gasteiger partial charge in [-0.05, 0) is 69.6 Å². The molecular weight excluding hydrogens is 659 g/mol. The summed E-state index contributed by atoms with van der Waals surface area (Å²) in [6.45, 7) is 8.24.